The van der Waals surface area contributed by atoms with Crippen LogP contribution in [0, 0.1) is 0 Å². The van der Waals surface area contributed by atoms with Gasteiger partial charge in [0.05, 0.1) is 0 Å². The Hall–Kier alpha value is 1.54. The van der Waals surface area contributed by atoms with E-state index in [0.29, 0.717) is 0 Å². The maximum Gasteiger partial charge on any atom is 2.00 e. The molecule has 0 saturated carbocycles. The van der Waals surface area contributed by atoms with Crippen LogP contribution in [0.1, 0.15) is 62.3 Å². The fourth-order valence-electron chi connectivity index (χ4n) is 0. The summed E-state index contributed by atoms with van der Waals surface area (Å²) in [5.74, 6) is 0. The minimum atomic E-state index is -0.750. The quantitative estimate of drug-likeness (QED) is 0.452. The van der Waals surface area contributed by atoms with E-state index >= 15 is 0 Å². The van der Waals surface area contributed by atoms with Crippen molar-refractivity contribution in [2.45, 2.75) is 79.1 Å². The van der Waals surface area contributed by atoms with Crippen LogP contribution in [0.2, 0.25) is 0 Å². The van der Waals surface area contributed by atoms with Crippen molar-refractivity contribution in [2.24, 2.45) is 0 Å². The number of rotatable bonds is 0. The van der Waals surface area contributed by atoms with Crippen LogP contribution < -0.4 is 44.9 Å². The third-order valence-corrected chi connectivity index (χ3v) is 0. The predicted molar refractivity (Wildman–Crippen MR) is 59.3 cm³/mol. The van der Waals surface area contributed by atoms with Crippen LogP contribution in [-0.4, -0.2) is 16.8 Å². The molecule has 0 heterocycles. The molecule has 0 aromatic heterocycles. The Morgan fingerprint density at radius 1 is 0.471 bits per heavy atom. The minimum absolute atomic E-state index is 0. The van der Waals surface area contributed by atoms with Gasteiger partial charge >= 0.3 is 50.0 Å². The molecule has 0 N–H and O–H groups in total. The molecule has 0 atom stereocenters. The van der Waals surface area contributed by atoms with E-state index in [1.54, 1.807) is 62.3 Å². The first-order chi connectivity index (χ1) is 6.00. The SMILES string of the molecule is CC(C)(C)[O-].CC(C)(C)[O-].CC(C)(C)[O-].[Na+].[Pd+2]. The molecule has 0 radical (unpaired) electrons. The minimum Gasteiger partial charge on any atom is -0.850 e. The first-order valence-electron chi connectivity index (χ1n) is 5.11. The van der Waals surface area contributed by atoms with Gasteiger partial charge in [-0.05, 0) is 0 Å². The second-order valence-electron chi connectivity index (χ2n) is 6.34. The van der Waals surface area contributed by atoms with E-state index in [9.17, 15) is 15.3 Å². The molecular weight excluding hydrogens is 322 g/mol. The number of hydrogen-bond donors (Lipinski definition) is 0. The first kappa shape index (κ1) is 31.1. The topological polar surface area (TPSA) is 69.2 Å². The van der Waals surface area contributed by atoms with E-state index in [1.807, 2.05) is 0 Å². The summed E-state index contributed by atoms with van der Waals surface area (Å²) >= 11 is 0. The summed E-state index contributed by atoms with van der Waals surface area (Å²) in [5, 5.41) is 30.3. The van der Waals surface area contributed by atoms with Crippen LogP contribution >= 0.6 is 0 Å². The molecular formula is C12H27NaO3Pd. The molecule has 0 bridgehead atoms. The standard InChI is InChI=1S/3C4H9O.Na.Pd/c3*1-4(2,3)5;;/h3*1-3H3;;/q3*-1;+1;+2. The van der Waals surface area contributed by atoms with E-state index in [1.165, 1.54) is 0 Å². The zero-order valence-electron chi connectivity index (χ0n) is 13.0. The smallest absolute Gasteiger partial charge is 0.850 e. The van der Waals surface area contributed by atoms with Gasteiger partial charge in [0.15, 0.2) is 0 Å². The van der Waals surface area contributed by atoms with Crippen LogP contribution in [0.15, 0.2) is 0 Å². The molecule has 3 nitrogen and oxygen atoms in total. The third kappa shape index (κ3) is 1780. The van der Waals surface area contributed by atoms with Gasteiger partial charge in [0, 0.05) is 0 Å². The molecule has 0 fully saturated rings. The molecule has 17 heavy (non-hydrogen) atoms. The molecule has 0 spiro atoms. The zero-order valence-corrected chi connectivity index (χ0v) is 16.6. The van der Waals surface area contributed by atoms with E-state index in [4.69, 9.17) is 0 Å². The van der Waals surface area contributed by atoms with Crippen molar-refractivity contribution < 1.29 is 65.3 Å². The van der Waals surface area contributed by atoms with Gasteiger partial charge in [0.2, 0.25) is 0 Å². The van der Waals surface area contributed by atoms with Gasteiger partial charge in [-0.2, -0.15) is 0 Å². The molecule has 0 aliphatic carbocycles. The van der Waals surface area contributed by atoms with Crippen molar-refractivity contribution in [3.63, 3.8) is 0 Å². The van der Waals surface area contributed by atoms with Gasteiger partial charge in [0.25, 0.3) is 0 Å². The Bertz CT molecular complexity index is 96.8. The van der Waals surface area contributed by atoms with E-state index < -0.39 is 16.8 Å². The van der Waals surface area contributed by atoms with Crippen LogP contribution in [0.4, 0.5) is 0 Å². The average molecular weight is 349 g/mol. The summed E-state index contributed by atoms with van der Waals surface area (Å²) in [7, 11) is 0. The molecule has 0 amide bonds. The van der Waals surface area contributed by atoms with Crippen molar-refractivity contribution in [1.29, 1.82) is 0 Å². The molecule has 0 saturated heterocycles. The van der Waals surface area contributed by atoms with Crippen molar-refractivity contribution in [2.75, 3.05) is 0 Å². The Labute approximate surface area is 143 Å². The Balaban J connectivity index is -0.0000000400. The van der Waals surface area contributed by atoms with Crippen molar-refractivity contribution in [1.82, 2.24) is 0 Å². The zero-order chi connectivity index (χ0) is 13.5. The summed E-state index contributed by atoms with van der Waals surface area (Å²) in [6, 6.07) is 0. The van der Waals surface area contributed by atoms with Crippen molar-refractivity contribution in [3.05, 3.63) is 0 Å². The largest absolute Gasteiger partial charge is 2.00 e. The van der Waals surface area contributed by atoms with Gasteiger partial charge in [-0.25, -0.2) is 0 Å². The van der Waals surface area contributed by atoms with Crippen LogP contribution in [0.5, 0.6) is 0 Å². The van der Waals surface area contributed by atoms with E-state index in [0.717, 1.165) is 0 Å². The first-order valence-corrected chi connectivity index (χ1v) is 5.11. The van der Waals surface area contributed by atoms with Gasteiger partial charge in [-0.1, -0.05) is 62.3 Å². The molecule has 0 aliphatic rings. The summed E-state index contributed by atoms with van der Waals surface area (Å²) in [6.45, 7) is 14.7. The molecule has 5 heteroatoms. The molecule has 104 valence electrons. The predicted octanol–water partition coefficient (Wildman–Crippen LogP) is -2.56. The Kier molecular flexibility index (Phi) is 23.0. The molecule has 0 rings (SSSR count). The molecule has 0 unspecified atom stereocenters. The van der Waals surface area contributed by atoms with Gasteiger partial charge in [0.1, 0.15) is 0 Å². The Morgan fingerprint density at radius 2 is 0.471 bits per heavy atom. The maximum atomic E-state index is 10.1. The summed E-state index contributed by atoms with van der Waals surface area (Å²) in [6.07, 6.45) is 0. The van der Waals surface area contributed by atoms with E-state index in [-0.39, 0.29) is 50.0 Å². The fraction of sp³-hybridized carbons (Fsp3) is 1.00. The van der Waals surface area contributed by atoms with Crippen LogP contribution in [0.25, 0.3) is 0 Å². The second-order valence-corrected chi connectivity index (χ2v) is 6.34. The monoisotopic (exact) mass is 348 g/mol. The maximum absolute atomic E-state index is 10.1. The van der Waals surface area contributed by atoms with E-state index in [2.05, 4.69) is 0 Å². The summed E-state index contributed by atoms with van der Waals surface area (Å²) in [5.41, 5.74) is -2.25. The second kappa shape index (κ2) is 12.6. The average Bonchev–Trinajstić information content (AvgIpc) is 1.41. The Morgan fingerprint density at radius 3 is 0.471 bits per heavy atom. The van der Waals surface area contributed by atoms with Gasteiger partial charge in [-0.3, -0.25) is 0 Å². The normalized spacial score (nSPS) is 10.6. The van der Waals surface area contributed by atoms with Crippen LogP contribution in [0.3, 0.4) is 0 Å². The third-order valence-electron chi connectivity index (χ3n) is 0. The van der Waals surface area contributed by atoms with Gasteiger partial charge < -0.3 is 15.3 Å². The van der Waals surface area contributed by atoms with Crippen molar-refractivity contribution >= 4 is 0 Å². The summed E-state index contributed by atoms with van der Waals surface area (Å²) < 4.78 is 0. The fourth-order valence-corrected chi connectivity index (χ4v) is 0. The van der Waals surface area contributed by atoms with Crippen LogP contribution in [-0.2, 0) is 20.4 Å². The summed E-state index contributed by atoms with van der Waals surface area (Å²) in [4.78, 5) is 0. The number of hydrogen-bond acceptors (Lipinski definition) is 3. The van der Waals surface area contributed by atoms with Gasteiger partial charge in [-0.15, -0.1) is 16.8 Å². The molecule has 0 aliphatic heterocycles. The molecule has 0 aromatic carbocycles. The van der Waals surface area contributed by atoms with Crippen molar-refractivity contribution in [3.8, 4) is 0 Å². The molecule has 0 aromatic rings.